The number of nitrogens with two attached hydrogens (primary N) is 1. The van der Waals surface area contributed by atoms with Crippen molar-refractivity contribution in [3.8, 4) is 5.88 Å². The normalized spacial score (nSPS) is 11.3. The van der Waals surface area contributed by atoms with Crippen LogP contribution in [0.5, 0.6) is 5.88 Å². The van der Waals surface area contributed by atoms with E-state index < -0.39 is 6.04 Å². The van der Waals surface area contributed by atoms with Crippen LogP contribution in [-0.2, 0) is 11.3 Å². The number of nitrogens with one attached hydrogen (secondary N) is 1. The molecular formula is C12H20ClN3O2S. The van der Waals surface area contributed by atoms with E-state index in [0.717, 1.165) is 11.3 Å². The Bertz CT molecular complexity index is 376. The number of nitrogens with zero attached hydrogens (tertiary/aromatic N) is 1. The Labute approximate surface area is 124 Å². The molecule has 0 spiro atoms. The van der Waals surface area contributed by atoms with Crippen molar-refractivity contribution in [1.82, 2.24) is 10.3 Å². The van der Waals surface area contributed by atoms with Gasteiger partial charge in [-0.15, -0.1) is 12.4 Å². The molecule has 0 saturated heterocycles. The number of amides is 1. The summed E-state index contributed by atoms with van der Waals surface area (Å²) in [5.74, 6) is 1.32. The average Bonchev–Trinajstić information content (AvgIpc) is 2.42. The zero-order valence-corrected chi connectivity index (χ0v) is 12.7. The Hall–Kier alpha value is -0.980. The van der Waals surface area contributed by atoms with Gasteiger partial charge in [-0.3, -0.25) is 4.79 Å². The SMILES string of the molecule is COc1ccc(CNC(=O)[C@@H](N)CCSC)cn1.Cl. The van der Waals surface area contributed by atoms with Crippen molar-refractivity contribution in [1.29, 1.82) is 0 Å². The summed E-state index contributed by atoms with van der Waals surface area (Å²) in [6.45, 7) is 0.433. The molecule has 3 N–H and O–H groups in total. The molecule has 0 saturated carbocycles. The van der Waals surface area contributed by atoms with Crippen LogP contribution in [0.3, 0.4) is 0 Å². The van der Waals surface area contributed by atoms with E-state index in [1.54, 1.807) is 31.1 Å². The van der Waals surface area contributed by atoms with Gasteiger partial charge in [0.1, 0.15) is 0 Å². The Morgan fingerprint density at radius 2 is 2.32 bits per heavy atom. The smallest absolute Gasteiger partial charge is 0.237 e. The van der Waals surface area contributed by atoms with Crippen LogP contribution in [0.15, 0.2) is 18.3 Å². The highest BCUT2D eigenvalue weighted by atomic mass is 35.5. The lowest BCUT2D eigenvalue weighted by Gasteiger charge is -2.11. The molecule has 1 rings (SSSR count). The molecule has 0 aromatic carbocycles. The summed E-state index contributed by atoms with van der Waals surface area (Å²) in [5, 5.41) is 2.79. The monoisotopic (exact) mass is 305 g/mol. The minimum atomic E-state index is -0.441. The van der Waals surface area contributed by atoms with Crippen molar-refractivity contribution in [2.45, 2.75) is 19.0 Å². The zero-order chi connectivity index (χ0) is 13.4. The zero-order valence-electron chi connectivity index (χ0n) is 11.1. The minimum absolute atomic E-state index is 0. The van der Waals surface area contributed by atoms with Crippen molar-refractivity contribution in [3.63, 3.8) is 0 Å². The lowest BCUT2D eigenvalue weighted by atomic mass is 10.2. The Morgan fingerprint density at radius 3 is 2.84 bits per heavy atom. The molecule has 1 heterocycles. The van der Waals surface area contributed by atoms with Gasteiger partial charge >= 0.3 is 0 Å². The number of aromatic nitrogens is 1. The fraction of sp³-hybridized carbons (Fsp3) is 0.500. The lowest BCUT2D eigenvalue weighted by Crippen LogP contribution is -2.40. The van der Waals surface area contributed by atoms with Gasteiger partial charge in [0.05, 0.1) is 13.2 Å². The molecule has 0 aliphatic heterocycles. The third kappa shape index (κ3) is 6.66. The summed E-state index contributed by atoms with van der Waals surface area (Å²) in [7, 11) is 1.56. The van der Waals surface area contributed by atoms with Gasteiger partial charge in [0.25, 0.3) is 0 Å². The molecule has 1 aromatic heterocycles. The van der Waals surface area contributed by atoms with Crippen LogP contribution in [0.1, 0.15) is 12.0 Å². The number of carbonyl (C=O) groups is 1. The predicted octanol–water partition coefficient (Wildman–Crippen LogP) is 1.21. The van der Waals surface area contributed by atoms with Gasteiger partial charge < -0.3 is 15.8 Å². The third-order valence-corrected chi connectivity index (χ3v) is 3.09. The summed E-state index contributed by atoms with van der Waals surface area (Å²) in [5.41, 5.74) is 6.67. The Kier molecular flexibility index (Phi) is 9.38. The van der Waals surface area contributed by atoms with Crippen LogP contribution < -0.4 is 15.8 Å². The molecule has 0 aliphatic rings. The molecule has 0 aliphatic carbocycles. The number of pyridine rings is 1. The van der Waals surface area contributed by atoms with Crippen molar-refractivity contribution in [2.24, 2.45) is 5.73 Å². The predicted molar refractivity (Wildman–Crippen MR) is 80.9 cm³/mol. The van der Waals surface area contributed by atoms with Gasteiger partial charge in [-0.05, 0) is 24.0 Å². The molecule has 0 unspecified atom stereocenters. The second-order valence-electron chi connectivity index (χ2n) is 3.81. The minimum Gasteiger partial charge on any atom is -0.481 e. The van der Waals surface area contributed by atoms with E-state index in [1.165, 1.54) is 0 Å². The number of hydrogen-bond acceptors (Lipinski definition) is 5. The van der Waals surface area contributed by atoms with E-state index >= 15 is 0 Å². The first-order valence-electron chi connectivity index (χ1n) is 5.68. The van der Waals surface area contributed by atoms with E-state index in [0.29, 0.717) is 18.8 Å². The molecule has 1 aromatic rings. The summed E-state index contributed by atoms with van der Waals surface area (Å²) in [4.78, 5) is 15.7. The largest absolute Gasteiger partial charge is 0.481 e. The molecule has 108 valence electrons. The van der Waals surface area contributed by atoms with Crippen molar-refractivity contribution in [2.75, 3.05) is 19.1 Å². The average molecular weight is 306 g/mol. The van der Waals surface area contributed by atoms with Gasteiger partial charge in [0, 0.05) is 18.8 Å². The number of rotatable bonds is 7. The summed E-state index contributed by atoms with van der Waals surface area (Å²) in [6, 6.07) is 3.18. The maximum absolute atomic E-state index is 11.7. The summed E-state index contributed by atoms with van der Waals surface area (Å²) < 4.78 is 4.96. The Morgan fingerprint density at radius 1 is 1.58 bits per heavy atom. The number of halogens is 1. The maximum Gasteiger partial charge on any atom is 0.237 e. The standard InChI is InChI=1S/C12H19N3O2S.ClH/c1-17-11-4-3-9(7-14-11)8-15-12(16)10(13)5-6-18-2;/h3-4,7,10H,5-6,8,13H2,1-2H3,(H,15,16);1H/t10-;/m0./s1. The molecule has 0 radical (unpaired) electrons. The van der Waals surface area contributed by atoms with E-state index in [4.69, 9.17) is 10.5 Å². The van der Waals surface area contributed by atoms with E-state index in [-0.39, 0.29) is 18.3 Å². The van der Waals surface area contributed by atoms with Crippen molar-refractivity contribution in [3.05, 3.63) is 23.9 Å². The molecule has 1 amide bonds. The van der Waals surface area contributed by atoms with Gasteiger partial charge in [-0.1, -0.05) is 6.07 Å². The first kappa shape index (κ1) is 18.0. The highest BCUT2D eigenvalue weighted by Crippen LogP contribution is 2.06. The van der Waals surface area contributed by atoms with Crippen LogP contribution in [0.4, 0.5) is 0 Å². The number of carbonyl (C=O) groups excluding carboxylic acids is 1. The quantitative estimate of drug-likeness (QED) is 0.792. The van der Waals surface area contributed by atoms with E-state index in [2.05, 4.69) is 10.3 Å². The molecule has 7 heteroatoms. The van der Waals surface area contributed by atoms with Crippen molar-refractivity contribution >= 4 is 30.1 Å². The number of hydrogen-bond donors (Lipinski definition) is 2. The van der Waals surface area contributed by atoms with Crippen LogP contribution in [0.2, 0.25) is 0 Å². The fourth-order valence-electron chi connectivity index (χ4n) is 1.33. The van der Waals surface area contributed by atoms with E-state index in [9.17, 15) is 4.79 Å². The fourth-order valence-corrected chi connectivity index (χ4v) is 1.82. The first-order valence-corrected chi connectivity index (χ1v) is 7.08. The van der Waals surface area contributed by atoms with Crippen LogP contribution in [0.25, 0.3) is 0 Å². The molecular weight excluding hydrogens is 286 g/mol. The molecule has 19 heavy (non-hydrogen) atoms. The molecule has 0 bridgehead atoms. The van der Waals surface area contributed by atoms with E-state index in [1.807, 2.05) is 12.3 Å². The first-order chi connectivity index (χ1) is 8.67. The van der Waals surface area contributed by atoms with Crippen LogP contribution in [0, 0.1) is 0 Å². The number of ether oxygens (including phenoxy) is 1. The summed E-state index contributed by atoms with van der Waals surface area (Å²) in [6.07, 6.45) is 4.36. The Balaban J connectivity index is 0.00000324. The van der Waals surface area contributed by atoms with Crippen LogP contribution in [-0.4, -0.2) is 36.1 Å². The lowest BCUT2D eigenvalue weighted by molar-refractivity contribution is -0.122. The molecule has 0 fully saturated rings. The maximum atomic E-state index is 11.7. The summed E-state index contributed by atoms with van der Waals surface area (Å²) >= 11 is 1.68. The topological polar surface area (TPSA) is 77.2 Å². The van der Waals surface area contributed by atoms with Crippen LogP contribution >= 0.6 is 24.2 Å². The van der Waals surface area contributed by atoms with Gasteiger partial charge in [0.2, 0.25) is 11.8 Å². The van der Waals surface area contributed by atoms with Gasteiger partial charge in [-0.2, -0.15) is 11.8 Å². The highest BCUT2D eigenvalue weighted by Gasteiger charge is 2.12. The second-order valence-corrected chi connectivity index (χ2v) is 4.80. The number of thioether (sulfide) groups is 1. The highest BCUT2D eigenvalue weighted by molar-refractivity contribution is 7.98. The third-order valence-electron chi connectivity index (χ3n) is 2.44. The number of methoxy groups -OCH3 is 1. The van der Waals surface area contributed by atoms with Crippen molar-refractivity contribution < 1.29 is 9.53 Å². The second kappa shape index (κ2) is 9.89. The molecule has 1 atom stereocenters. The van der Waals surface area contributed by atoms with Gasteiger partial charge in [-0.25, -0.2) is 4.98 Å². The molecule has 5 nitrogen and oxygen atoms in total. The van der Waals surface area contributed by atoms with Gasteiger partial charge in [0.15, 0.2) is 0 Å².